The van der Waals surface area contributed by atoms with Crippen molar-refractivity contribution in [3.63, 3.8) is 0 Å². The van der Waals surface area contributed by atoms with Crippen molar-refractivity contribution in [2.75, 3.05) is 6.61 Å². The SMILES string of the molecule is C=O.C=O.CCCCCCCCCCCCCCCCCCO[Si](C)(C)C. The summed E-state index contributed by atoms with van der Waals surface area (Å²) in [6.45, 7) is 14.1. The molecule has 0 unspecified atom stereocenters. The van der Waals surface area contributed by atoms with Crippen molar-refractivity contribution in [2.24, 2.45) is 0 Å². The first-order chi connectivity index (χ1) is 13.1. The number of hydrogen-bond donors (Lipinski definition) is 0. The molecule has 0 atom stereocenters. The van der Waals surface area contributed by atoms with Gasteiger partial charge in [-0.05, 0) is 26.1 Å². The van der Waals surface area contributed by atoms with Gasteiger partial charge in [-0.1, -0.05) is 103 Å². The average molecular weight is 403 g/mol. The Balaban J connectivity index is -0.00000134. The van der Waals surface area contributed by atoms with Crippen LogP contribution in [0.5, 0.6) is 0 Å². The average Bonchev–Trinajstić information content (AvgIpc) is 2.66. The molecule has 0 bridgehead atoms. The molecule has 0 heterocycles. The minimum atomic E-state index is -1.27. The summed E-state index contributed by atoms with van der Waals surface area (Å²) in [6, 6.07) is 0. The van der Waals surface area contributed by atoms with Gasteiger partial charge in [-0.2, -0.15) is 0 Å². The van der Waals surface area contributed by atoms with Crippen LogP contribution in [-0.4, -0.2) is 28.5 Å². The van der Waals surface area contributed by atoms with Crippen LogP contribution in [0.2, 0.25) is 19.6 Å². The van der Waals surface area contributed by atoms with Crippen molar-refractivity contribution < 1.29 is 14.0 Å². The van der Waals surface area contributed by atoms with E-state index < -0.39 is 8.32 Å². The zero-order valence-corrected chi connectivity index (χ0v) is 20.2. The molecule has 4 heteroatoms. The quantitative estimate of drug-likeness (QED) is 0.174. The summed E-state index contributed by atoms with van der Waals surface area (Å²) in [5, 5.41) is 0. The summed E-state index contributed by atoms with van der Waals surface area (Å²) < 4.78 is 5.89. The Morgan fingerprint density at radius 2 is 0.778 bits per heavy atom. The highest BCUT2D eigenvalue weighted by atomic mass is 28.4. The Hall–Kier alpha value is -0.483. The molecule has 0 saturated heterocycles. The van der Waals surface area contributed by atoms with Gasteiger partial charge in [0.1, 0.15) is 13.6 Å². The normalized spacial score (nSPS) is 10.5. The summed E-state index contributed by atoms with van der Waals surface area (Å²) in [5.74, 6) is 0. The van der Waals surface area contributed by atoms with E-state index in [4.69, 9.17) is 14.0 Å². The van der Waals surface area contributed by atoms with Crippen molar-refractivity contribution in [1.29, 1.82) is 0 Å². The fourth-order valence-electron chi connectivity index (χ4n) is 3.03. The summed E-state index contributed by atoms with van der Waals surface area (Å²) in [6.07, 6.45) is 23.0. The molecule has 0 N–H and O–H groups in total. The minimum absolute atomic E-state index is 0.994. The van der Waals surface area contributed by atoms with Gasteiger partial charge in [0.15, 0.2) is 8.32 Å². The van der Waals surface area contributed by atoms with Crippen molar-refractivity contribution in [3.8, 4) is 0 Å². The Kier molecular flexibility index (Phi) is 32.1. The van der Waals surface area contributed by atoms with Crippen molar-refractivity contribution >= 4 is 21.9 Å². The Morgan fingerprint density at radius 1 is 0.519 bits per heavy atom. The zero-order chi connectivity index (χ0) is 21.2. The second kappa shape index (κ2) is 27.7. The van der Waals surface area contributed by atoms with E-state index in [0.717, 1.165) is 6.61 Å². The number of carbonyl (C=O) groups is 2. The lowest BCUT2D eigenvalue weighted by atomic mass is 10.0. The summed E-state index contributed by atoms with van der Waals surface area (Å²) in [4.78, 5) is 16.0. The largest absolute Gasteiger partial charge is 0.418 e. The number of carbonyl (C=O) groups excluding carboxylic acids is 2. The molecule has 0 aliphatic heterocycles. The van der Waals surface area contributed by atoms with Crippen LogP contribution in [0.25, 0.3) is 0 Å². The highest BCUT2D eigenvalue weighted by Gasteiger charge is 2.12. The summed E-state index contributed by atoms with van der Waals surface area (Å²) in [7, 11) is -1.27. The van der Waals surface area contributed by atoms with Crippen LogP contribution in [0, 0.1) is 0 Å². The van der Waals surface area contributed by atoms with E-state index >= 15 is 0 Å². The standard InChI is InChI=1S/C21H46OSi.2CH2O/c1-5-6-7-8-9-10-11-12-13-14-15-16-17-18-19-20-21-22-23(2,3)4;2*1-2/h5-21H2,1-4H3;2*1H2. The number of unbranched alkanes of at least 4 members (excludes halogenated alkanes) is 15. The molecule has 0 aliphatic rings. The molecule has 0 fully saturated rings. The molecule has 0 aliphatic carbocycles. The highest BCUT2D eigenvalue weighted by molar-refractivity contribution is 6.69. The maximum atomic E-state index is 8.00. The highest BCUT2D eigenvalue weighted by Crippen LogP contribution is 2.14. The lowest BCUT2D eigenvalue weighted by Crippen LogP contribution is -2.25. The van der Waals surface area contributed by atoms with Gasteiger partial charge in [0.2, 0.25) is 0 Å². The van der Waals surface area contributed by atoms with E-state index in [2.05, 4.69) is 26.6 Å². The molecule has 0 spiro atoms. The van der Waals surface area contributed by atoms with Crippen LogP contribution < -0.4 is 0 Å². The maximum Gasteiger partial charge on any atom is 0.183 e. The monoisotopic (exact) mass is 402 g/mol. The third-order valence-corrected chi connectivity index (χ3v) is 5.60. The van der Waals surface area contributed by atoms with Crippen molar-refractivity contribution in [1.82, 2.24) is 0 Å². The van der Waals surface area contributed by atoms with Crippen LogP contribution in [0.4, 0.5) is 0 Å². The van der Waals surface area contributed by atoms with Gasteiger partial charge in [0.25, 0.3) is 0 Å². The van der Waals surface area contributed by atoms with Crippen molar-refractivity contribution in [2.45, 2.75) is 129 Å². The fraction of sp³-hybridized carbons (Fsp3) is 0.913. The third-order valence-electron chi connectivity index (χ3n) is 4.53. The molecule has 0 aromatic carbocycles. The van der Waals surface area contributed by atoms with E-state index in [-0.39, 0.29) is 0 Å². The number of hydrogen-bond acceptors (Lipinski definition) is 3. The fourth-order valence-corrected chi connectivity index (χ4v) is 3.79. The van der Waals surface area contributed by atoms with E-state index in [1.165, 1.54) is 103 Å². The molecule has 0 amide bonds. The van der Waals surface area contributed by atoms with Crippen molar-refractivity contribution in [3.05, 3.63) is 0 Å². The van der Waals surface area contributed by atoms with Crippen LogP contribution >= 0.6 is 0 Å². The summed E-state index contributed by atoms with van der Waals surface area (Å²) >= 11 is 0. The summed E-state index contributed by atoms with van der Waals surface area (Å²) in [5.41, 5.74) is 0. The molecule has 164 valence electrons. The smallest absolute Gasteiger partial charge is 0.183 e. The first-order valence-corrected chi connectivity index (χ1v) is 14.7. The van der Waals surface area contributed by atoms with Crippen LogP contribution in [-0.2, 0) is 14.0 Å². The van der Waals surface area contributed by atoms with Gasteiger partial charge in [-0.15, -0.1) is 0 Å². The van der Waals surface area contributed by atoms with Gasteiger partial charge in [-0.25, -0.2) is 0 Å². The van der Waals surface area contributed by atoms with E-state index in [1.54, 1.807) is 0 Å². The predicted octanol–water partition coefficient (Wildman–Crippen LogP) is 7.73. The lowest BCUT2D eigenvalue weighted by molar-refractivity contribution is -0.0987. The van der Waals surface area contributed by atoms with Gasteiger partial charge in [0, 0.05) is 6.61 Å². The van der Waals surface area contributed by atoms with Gasteiger partial charge in [0.05, 0.1) is 0 Å². The van der Waals surface area contributed by atoms with E-state index in [1.807, 2.05) is 13.6 Å². The molecule has 27 heavy (non-hydrogen) atoms. The molecule has 0 saturated carbocycles. The molecular formula is C23H50O3Si. The molecular weight excluding hydrogens is 352 g/mol. The van der Waals surface area contributed by atoms with Gasteiger partial charge >= 0.3 is 0 Å². The first kappa shape index (κ1) is 31.2. The van der Waals surface area contributed by atoms with Crippen LogP contribution in [0.15, 0.2) is 0 Å². The van der Waals surface area contributed by atoms with E-state index in [0.29, 0.717) is 0 Å². The molecule has 0 rings (SSSR count). The Labute approximate surface area is 172 Å². The van der Waals surface area contributed by atoms with Crippen LogP contribution in [0.1, 0.15) is 110 Å². The molecule has 0 aromatic rings. The maximum absolute atomic E-state index is 8.00. The molecule has 3 nitrogen and oxygen atoms in total. The predicted molar refractivity (Wildman–Crippen MR) is 123 cm³/mol. The second-order valence-corrected chi connectivity index (χ2v) is 12.8. The first-order valence-electron chi connectivity index (χ1n) is 11.3. The van der Waals surface area contributed by atoms with Gasteiger partial charge in [-0.3, -0.25) is 0 Å². The van der Waals surface area contributed by atoms with Gasteiger partial charge < -0.3 is 14.0 Å². The molecule has 0 radical (unpaired) electrons. The Morgan fingerprint density at radius 3 is 1.04 bits per heavy atom. The number of rotatable bonds is 18. The van der Waals surface area contributed by atoms with E-state index in [9.17, 15) is 0 Å². The minimum Gasteiger partial charge on any atom is -0.418 e. The Bertz CT molecular complexity index is 252. The zero-order valence-electron chi connectivity index (χ0n) is 19.2. The van der Waals surface area contributed by atoms with Crippen LogP contribution in [0.3, 0.4) is 0 Å². The third kappa shape index (κ3) is 37.0. The lowest BCUT2D eigenvalue weighted by Gasteiger charge is -2.16. The topological polar surface area (TPSA) is 43.4 Å². The molecule has 0 aromatic heterocycles. The second-order valence-electron chi connectivity index (χ2n) is 8.26.